The highest BCUT2D eigenvalue weighted by molar-refractivity contribution is 7.22. The fraction of sp³-hybridized carbons (Fsp3) is 0.286. The average molecular weight is 447 g/mol. The van der Waals surface area contributed by atoms with Gasteiger partial charge in [-0.05, 0) is 69.9 Å². The zero-order valence-corrected chi connectivity index (χ0v) is 19.0. The van der Waals surface area contributed by atoms with E-state index in [1.54, 1.807) is 22.7 Å². The van der Waals surface area contributed by atoms with Gasteiger partial charge in [-0.2, -0.15) is 0 Å². The largest absolute Gasteiger partial charge is 0.309 e. The number of carbonyl (C=O) groups excluding carboxylic acids is 1. The molecule has 8 heteroatoms. The van der Waals surface area contributed by atoms with Gasteiger partial charge in [-0.15, -0.1) is 23.7 Å². The average Bonchev–Trinajstić information content (AvgIpc) is 3.29. The Morgan fingerprint density at radius 1 is 1.03 bits per heavy atom. The molecule has 0 fully saturated rings. The van der Waals surface area contributed by atoms with Crippen molar-refractivity contribution in [3.05, 3.63) is 53.0 Å². The summed E-state index contributed by atoms with van der Waals surface area (Å²) in [5.74, 6) is -0.00941. The zero-order chi connectivity index (χ0) is 19.7. The fourth-order valence-corrected chi connectivity index (χ4v) is 4.91. The Labute approximate surface area is 184 Å². The van der Waals surface area contributed by atoms with Crippen molar-refractivity contribution < 1.29 is 4.79 Å². The second-order valence-corrected chi connectivity index (χ2v) is 9.01. The van der Waals surface area contributed by atoms with Gasteiger partial charge >= 0.3 is 0 Å². The molecule has 0 saturated carbocycles. The van der Waals surface area contributed by atoms with E-state index >= 15 is 0 Å². The summed E-state index contributed by atoms with van der Waals surface area (Å²) in [6.07, 6.45) is 0.885. The van der Waals surface area contributed by atoms with Crippen LogP contribution in [0.15, 0.2) is 41.9 Å². The van der Waals surface area contributed by atoms with Crippen LogP contribution < -0.4 is 4.90 Å². The smallest absolute Gasteiger partial charge is 0.260 e. The maximum absolute atomic E-state index is 13.4. The first-order valence-corrected chi connectivity index (χ1v) is 10.9. The second-order valence-electron chi connectivity index (χ2n) is 7.12. The summed E-state index contributed by atoms with van der Waals surface area (Å²) < 4.78 is 2.14. The molecule has 0 N–H and O–H groups in total. The van der Waals surface area contributed by atoms with Crippen LogP contribution in [0.2, 0.25) is 0 Å². The monoisotopic (exact) mass is 446 g/mol. The Kier molecular flexibility index (Phi) is 6.85. The number of thiazole rings is 2. The molecule has 2 aromatic heterocycles. The Hall–Kier alpha value is -2.06. The van der Waals surface area contributed by atoms with Crippen LogP contribution in [0, 0.1) is 6.92 Å². The Balaban J connectivity index is 0.00000240. The predicted molar refractivity (Wildman–Crippen MR) is 126 cm³/mol. The molecule has 4 rings (SSSR count). The van der Waals surface area contributed by atoms with Crippen molar-refractivity contribution in [2.45, 2.75) is 13.3 Å². The summed E-state index contributed by atoms with van der Waals surface area (Å²) in [5.41, 5.74) is 5.55. The van der Waals surface area contributed by atoms with Gasteiger partial charge in [-0.1, -0.05) is 17.4 Å². The number of halogens is 1. The van der Waals surface area contributed by atoms with E-state index in [2.05, 4.69) is 28.9 Å². The van der Waals surface area contributed by atoms with Crippen LogP contribution in [0.1, 0.15) is 22.3 Å². The normalized spacial score (nSPS) is 11.2. The lowest BCUT2D eigenvalue weighted by Gasteiger charge is -2.21. The van der Waals surface area contributed by atoms with Gasteiger partial charge in [0.2, 0.25) is 0 Å². The fourth-order valence-electron chi connectivity index (χ4n) is 3.11. The lowest BCUT2D eigenvalue weighted by atomic mass is 10.2. The molecule has 0 aliphatic carbocycles. The highest BCUT2D eigenvalue weighted by atomic mass is 35.5. The van der Waals surface area contributed by atoms with Gasteiger partial charge in [0.05, 0.1) is 25.9 Å². The van der Waals surface area contributed by atoms with Crippen molar-refractivity contribution in [2.24, 2.45) is 0 Å². The molecule has 29 heavy (non-hydrogen) atoms. The van der Waals surface area contributed by atoms with Crippen molar-refractivity contribution in [2.75, 3.05) is 32.1 Å². The van der Waals surface area contributed by atoms with Crippen molar-refractivity contribution in [3.8, 4) is 0 Å². The predicted octanol–water partition coefficient (Wildman–Crippen LogP) is 5.23. The van der Waals surface area contributed by atoms with E-state index in [1.165, 1.54) is 5.56 Å². The number of anilines is 1. The van der Waals surface area contributed by atoms with Crippen molar-refractivity contribution in [1.29, 1.82) is 0 Å². The molecule has 4 aromatic rings. The Morgan fingerprint density at radius 2 is 1.83 bits per heavy atom. The molecule has 0 radical (unpaired) electrons. The van der Waals surface area contributed by atoms with E-state index in [9.17, 15) is 4.79 Å². The number of nitrogens with zero attached hydrogens (tertiary/aromatic N) is 4. The maximum Gasteiger partial charge on any atom is 0.260 e. The lowest BCUT2D eigenvalue weighted by Crippen LogP contribution is -2.33. The molecular weight excluding hydrogens is 424 g/mol. The molecule has 152 valence electrons. The number of fused-ring (bicyclic) bond motifs is 2. The molecule has 2 heterocycles. The zero-order valence-electron chi connectivity index (χ0n) is 16.6. The van der Waals surface area contributed by atoms with E-state index in [0.717, 1.165) is 38.5 Å². The van der Waals surface area contributed by atoms with E-state index in [4.69, 9.17) is 4.98 Å². The quantitative estimate of drug-likeness (QED) is 0.406. The van der Waals surface area contributed by atoms with Crippen LogP contribution in [0.25, 0.3) is 20.4 Å². The summed E-state index contributed by atoms with van der Waals surface area (Å²) in [5, 5.41) is 0.758. The second kappa shape index (κ2) is 9.17. The summed E-state index contributed by atoms with van der Waals surface area (Å²) in [7, 11) is 4.09. The molecule has 0 saturated heterocycles. The lowest BCUT2D eigenvalue weighted by molar-refractivity contribution is 0.0986. The van der Waals surface area contributed by atoms with Gasteiger partial charge in [0.25, 0.3) is 5.91 Å². The van der Waals surface area contributed by atoms with Gasteiger partial charge in [-0.25, -0.2) is 9.97 Å². The minimum absolute atomic E-state index is 0. The number of aromatic nitrogens is 2. The molecule has 0 aliphatic heterocycles. The third-order valence-electron chi connectivity index (χ3n) is 4.57. The molecular formula is C21H23ClN4OS2. The van der Waals surface area contributed by atoms with Crippen LogP contribution >= 0.6 is 35.1 Å². The third kappa shape index (κ3) is 4.75. The van der Waals surface area contributed by atoms with E-state index in [0.29, 0.717) is 12.1 Å². The van der Waals surface area contributed by atoms with Crippen LogP contribution in [0.5, 0.6) is 0 Å². The number of hydrogen-bond acceptors (Lipinski definition) is 6. The molecule has 0 unspecified atom stereocenters. The number of carbonyl (C=O) groups is 1. The molecule has 0 atom stereocenters. The molecule has 2 aromatic carbocycles. The van der Waals surface area contributed by atoms with Gasteiger partial charge in [0.15, 0.2) is 5.13 Å². The number of amides is 1. The van der Waals surface area contributed by atoms with Crippen LogP contribution in [0.3, 0.4) is 0 Å². The van der Waals surface area contributed by atoms with E-state index in [-0.39, 0.29) is 18.3 Å². The van der Waals surface area contributed by atoms with Crippen LogP contribution in [-0.4, -0.2) is 48.0 Å². The summed E-state index contributed by atoms with van der Waals surface area (Å²) in [6, 6.07) is 11.9. The first-order chi connectivity index (χ1) is 13.5. The van der Waals surface area contributed by atoms with Gasteiger partial charge in [0.1, 0.15) is 0 Å². The minimum Gasteiger partial charge on any atom is -0.309 e. The van der Waals surface area contributed by atoms with Gasteiger partial charge < -0.3 is 4.90 Å². The topological polar surface area (TPSA) is 49.3 Å². The highest BCUT2D eigenvalue weighted by Crippen LogP contribution is 2.31. The summed E-state index contributed by atoms with van der Waals surface area (Å²) >= 11 is 3.13. The Bertz CT molecular complexity index is 1140. The third-order valence-corrected chi connectivity index (χ3v) is 6.41. The van der Waals surface area contributed by atoms with Crippen molar-refractivity contribution >= 4 is 66.6 Å². The number of aryl methyl sites for hydroxylation is 1. The first kappa shape index (κ1) is 21.6. The number of rotatable bonds is 6. The van der Waals surface area contributed by atoms with Gasteiger partial charge in [0, 0.05) is 12.1 Å². The highest BCUT2D eigenvalue weighted by Gasteiger charge is 2.21. The van der Waals surface area contributed by atoms with Crippen LogP contribution in [-0.2, 0) is 0 Å². The van der Waals surface area contributed by atoms with Gasteiger partial charge in [-0.3, -0.25) is 9.69 Å². The maximum atomic E-state index is 13.4. The number of benzene rings is 2. The SMILES string of the molecule is Cc1ccc2nc(N(CCCN(C)C)C(=O)c3ccc4ncsc4c3)sc2c1.Cl. The minimum atomic E-state index is -0.00941. The summed E-state index contributed by atoms with van der Waals surface area (Å²) in [4.78, 5) is 26.4. The van der Waals surface area contributed by atoms with Crippen LogP contribution in [0.4, 0.5) is 5.13 Å². The van der Waals surface area contributed by atoms with E-state index in [1.807, 2.05) is 48.8 Å². The molecule has 0 bridgehead atoms. The molecule has 0 spiro atoms. The number of hydrogen-bond donors (Lipinski definition) is 0. The summed E-state index contributed by atoms with van der Waals surface area (Å²) in [6.45, 7) is 3.63. The molecule has 1 amide bonds. The van der Waals surface area contributed by atoms with Crippen molar-refractivity contribution in [3.63, 3.8) is 0 Å². The Morgan fingerprint density at radius 3 is 2.62 bits per heavy atom. The standard InChI is InChI=1S/C21H22N4OS2.ClH/c1-14-5-7-17-19(11-14)28-21(23-17)25(10-4-9-24(2)3)20(26)15-6-8-16-18(12-15)27-13-22-16;/h5-8,11-13H,4,9-10H2,1-3H3;1H. The van der Waals surface area contributed by atoms with Crippen molar-refractivity contribution in [1.82, 2.24) is 14.9 Å². The van der Waals surface area contributed by atoms with E-state index < -0.39 is 0 Å². The molecule has 5 nitrogen and oxygen atoms in total. The molecule has 0 aliphatic rings. The first-order valence-electron chi connectivity index (χ1n) is 9.18.